The number of aliphatic hydroxyl groups excluding tert-OH is 1. The second-order valence-electron chi connectivity index (χ2n) is 7.19. The highest BCUT2D eigenvalue weighted by atomic mass is 16.5. The minimum Gasteiger partial charge on any atom is -0.503 e. The molecular weight excluding hydrogens is 426 g/mol. The average molecular weight is 449 g/mol. The van der Waals surface area contributed by atoms with Crippen LogP contribution in [-0.4, -0.2) is 37.6 Å². The Morgan fingerprint density at radius 3 is 2.52 bits per heavy atom. The highest BCUT2D eigenvalue weighted by molar-refractivity contribution is 6.20. The normalized spacial score (nSPS) is 15.7. The summed E-state index contributed by atoms with van der Waals surface area (Å²) in [6.07, 6.45) is 1.36. The van der Waals surface area contributed by atoms with Crippen molar-refractivity contribution in [1.29, 1.82) is 0 Å². The van der Waals surface area contributed by atoms with Gasteiger partial charge in [-0.05, 0) is 48.9 Å². The predicted molar refractivity (Wildman–Crippen MR) is 120 cm³/mol. The minimum atomic E-state index is -0.938. The van der Waals surface area contributed by atoms with Crippen molar-refractivity contribution in [3.8, 4) is 17.2 Å². The molecule has 8 heteroatoms. The molecule has 1 aromatic heterocycles. The van der Waals surface area contributed by atoms with Crippen LogP contribution in [0.15, 0.2) is 76.6 Å². The van der Waals surface area contributed by atoms with Gasteiger partial charge in [-0.15, -0.1) is 0 Å². The summed E-state index contributed by atoms with van der Waals surface area (Å²) in [4.78, 5) is 27.9. The second kappa shape index (κ2) is 9.12. The monoisotopic (exact) mass is 449 g/mol. The number of carbonyl (C=O) groups excluding carboxylic acids is 2. The van der Waals surface area contributed by atoms with Gasteiger partial charge in [-0.25, -0.2) is 0 Å². The van der Waals surface area contributed by atoms with Gasteiger partial charge in [-0.3, -0.25) is 14.5 Å². The molecule has 0 spiro atoms. The van der Waals surface area contributed by atoms with Gasteiger partial charge in [0, 0.05) is 11.8 Å². The fourth-order valence-corrected chi connectivity index (χ4v) is 3.87. The Balaban J connectivity index is 1.89. The number of carbonyl (C=O) groups is 2. The van der Waals surface area contributed by atoms with Gasteiger partial charge >= 0.3 is 0 Å². The number of amides is 1. The van der Waals surface area contributed by atoms with Gasteiger partial charge in [0.2, 0.25) is 5.78 Å². The van der Waals surface area contributed by atoms with Crippen molar-refractivity contribution in [1.82, 2.24) is 0 Å². The largest absolute Gasteiger partial charge is 0.503 e. The highest BCUT2D eigenvalue weighted by Crippen LogP contribution is 2.44. The molecule has 4 rings (SSSR count). The lowest BCUT2D eigenvalue weighted by Crippen LogP contribution is -2.31. The van der Waals surface area contributed by atoms with Crippen molar-refractivity contribution in [3.63, 3.8) is 0 Å². The molecule has 0 saturated heterocycles. The quantitative estimate of drug-likeness (QED) is 0.506. The molecule has 0 aliphatic carbocycles. The Morgan fingerprint density at radius 1 is 1.06 bits per heavy atom. The number of Topliss-reactive ketones (excluding diaryl/α,β-unsaturated/α-hetero) is 1. The third kappa shape index (κ3) is 3.91. The lowest BCUT2D eigenvalue weighted by molar-refractivity contribution is -0.117. The minimum absolute atomic E-state index is 0.0137. The van der Waals surface area contributed by atoms with E-state index in [0.29, 0.717) is 35.1 Å². The maximum atomic E-state index is 13.3. The van der Waals surface area contributed by atoms with E-state index in [2.05, 4.69) is 0 Å². The fourth-order valence-electron chi connectivity index (χ4n) is 3.87. The molecule has 1 aliphatic heterocycles. The first-order valence-corrected chi connectivity index (χ1v) is 10.3. The lowest BCUT2D eigenvalue weighted by atomic mass is 9.94. The van der Waals surface area contributed by atoms with Crippen LogP contribution in [0.1, 0.15) is 29.1 Å². The van der Waals surface area contributed by atoms with Crippen molar-refractivity contribution in [2.75, 3.05) is 25.7 Å². The van der Waals surface area contributed by atoms with E-state index in [-0.39, 0.29) is 11.3 Å². The Bertz CT molecular complexity index is 1210. The van der Waals surface area contributed by atoms with Crippen LogP contribution in [0.4, 0.5) is 5.69 Å². The van der Waals surface area contributed by atoms with Crippen molar-refractivity contribution in [3.05, 3.63) is 83.5 Å². The van der Waals surface area contributed by atoms with E-state index < -0.39 is 23.5 Å². The summed E-state index contributed by atoms with van der Waals surface area (Å²) in [7, 11) is 3.01. The third-order valence-corrected chi connectivity index (χ3v) is 5.33. The number of rotatable bonds is 8. The van der Waals surface area contributed by atoms with E-state index in [0.717, 1.165) is 0 Å². The van der Waals surface area contributed by atoms with Gasteiger partial charge in [-0.2, -0.15) is 0 Å². The van der Waals surface area contributed by atoms with Crippen molar-refractivity contribution in [2.45, 2.75) is 13.0 Å². The summed E-state index contributed by atoms with van der Waals surface area (Å²) >= 11 is 0. The average Bonchev–Trinajstić information content (AvgIpc) is 3.46. The van der Waals surface area contributed by atoms with E-state index in [1.165, 1.54) is 31.4 Å². The zero-order valence-corrected chi connectivity index (χ0v) is 18.4. The van der Waals surface area contributed by atoms with Crippen LogP contribution >= 0.6 is 0 Å². The van der Waals surface area contributed by atoms with Crippen LogP contribution in [-0.2, 0) is 4.79 Å². The topological polar surface area (TPSA) is 98.4 Å². The summed E-state index contributed by atoms with van der Waals surface area (Å²) < 4.78 is 21.6. The SMILES string of the molecule is CCOc1cccc(N2C(=O)C(O)=C(C(=O)c3ccco3)C2c2ccc(OC)c(OC)c2)c1. The van der Waals surface area contributed by atoms with Crippen LogP contribution < -0.4 is 19.1 Å². The number of nitrogens with zero attached hydrogens (tertiary/aromatic N) is 1. The molecular formula is C25H23NO7. The summed E-state index contributed by atoms with van der Waals surface area (Å²) in [5.41, 5.74) is 0.908. The highest BCUT2D eigenvalue weighted by Gasteiger charge is 2.45. The number of ether oxygens (including phenoxy) is 3. The molecule has 1 unspecified atom stereocenters. The number of ketones is 1. The maximum absolute atomic E-state index is 13.3. The van der Waals surface area contributed by atoms with Gasteiger partial charge in [0.15, 0.2) is 23.0 Å². The number of aliphatic hydroxyl groups is 1. The molecule has 33 heavy (non-hydrogen) atoms. The Labute approximate surface area is 190 Å². The predicted octanol–water partition coefficient (Wildman–Crippen LogP) is 4.48. The van der Waals surface area contributed by atoms with Crippen LogP contribution in [0.25, 0.3) is 0 Å². The number of hydrogen-bond donors (Lipinski definition) is 1. The summed E-state index contributed by atoms with van der Waals surface area (Å²) in [5.74, 6) is -0.464. The zero-order valence-electron chi connectivity index (χ0n) is 18.4. The van der Waals surface area contributed by atoms with Crippen LogP contribution in [0.5, 0.6) is 17.2 Å². The van der Waals surface area contributed by atoms with E-state index in [4.69, 9.17) is 18.6 Å². The van der Waals surface area contributed by atoms with Gasteiger partial charge in [-0.1, -0.05) is 12.1 Å². The number of anilines is 1. The Hall–Kier alpha value is -4.20. The molecule has 2 aromatic carbocycles. The van der Waals surface area contributed by atoms with Crippen molar-refractivity contribution in [2.24, 2.45) is 0 Å². The standard InChI is InChI=1S/C25H23NO7/c1-4-32-17-8-5-7-16(14-17)26-22(15-10-11-18(30-2)20(13-15)31-3)21(24(28)25(26)29)23(27)19-9-6-12-33-19/h5-14,22,28H,4H2,1-3H3. The smallest absolute Gasteiger partial charge is 0.294 e. The van der Waals surface area contributed by atoms with Gasteiger partial charge in [0.25, 0.3) is 5.91 Å². The summed E-state index contributed by atoms with van der Waals surface area (Å²) in [5, 5.41) is 10.8. The first-order valence-electron chi connectivity index (χ1n) is 10.3. The van der Waals surface area contributed by atoms with Crippen LogP contribution in [0.2, 0.25) is 0 Å². The molecule has 2 heterocycles. The van der Waals surface area contributed by atoms with E-state index in [9.17, 15) is 14.7 Å². The summed E-state index contributed by atoms with van der Waals surface area (Å²) in [6.45, 7) is 2.30. The third-order valence-electron chi connectivity index (χ3n) is 5.33. The van der Waals surface area contributed by atoms with E-state index in [1.807, 2.05) is 6.92 Å². The van der Waals surface area contributed by atoms with Crippen molar-refractivity contribution >= 4 is 17.4 Å². The number of hydrogen-bond acceptors (Lipinski definition) is 7. The molecule has 0 saturated carbocycles. The maximum Gasteiger partial charge on any atom is 0.294 e. The fraction of sp³-hybridized carbons (Fsp3) is 0.200. The van der Waals surface area contributed by atoms with Crippen LogP contribution in [0, 0.1) is 0 Å². The number of benzene rings is 2. The zero-order chi connectivity index (χ0) is 23.5. The van der Waals surface area contributed by atoms with Crippen molar-refractivity contribution < 1.29 is 33.3 Å². The van der Waals surface area contributed by atoms with Gasteiger partial charge < -0.3 is 23.7 Å². The van der Waals surface area contributed by atoms with Gasteiger partial charge in [0.1, 0.15) is 5.75 Å². The molecule has 1 N–H and O–H groups in total. The molecule has 1 amide bonds. The molecule has 170 valence electrons. The first-order chi connectivity index (χ1) is 16.0. The summed E-state index contributed by atoms with van der Waals surface area (Å²) in [6, 6.07) is 14.1. The lowest BCUT2D eigenvalue weighted by Gasteiger charge is -2.27. The second-order valence-corrected chi connectivity index (χ2v) is 7.19. The molecule has 0 bridgehead atoms. The molecule has 8 nitrogen and oxygen atoms in total. The van der Waals surface area contributed by atoms with Gasteiger partial charge in [0.05, 0.1) is 38.7 Å². The molecule has 1 atom stereocenters. The molecule has 0 radical (unpaired) electrons. The molecule has 1 aliphatic rings. The molecule has 0 fully saturated rings. The Kier molecular flexibility index (Phi) is 6.08. The first kappa shape index (κ1) is 22.0. The van der Waals surface area contributed by atoms with E-state index in [1.54, 1.807) is 48.5 Å². The van der Waals surface area contributed by atoms with Crippen LogP contribution in [0.3, 0.4) is 0 Å². The number of methoxy groups -OCH3 is 2. The molecule has 3 aromatic rings. The Morgan fingerprint density at radius 2 is 1.85 bits per heavy atom. The number of furan rings is 1. The van der Waals surface area contributed by atoms with E-state index >= 15 is 0 Å².